The molecule has 4 aromatic rings. The summed E-state index contributed by atoms with van der Waals surface area (Å²) in [6.07, 6.45) is 2.60. The molecule has 230 valence electrons. The number of carbonyl (C=O) groups is 2. The number of hydrogen-bond donors (Lipinski definition) is 0. The molecule has 0 saturated heterocycles. The third-order valence-electron chi connectivity index (χ3n) is 6.86. The Kier molecular flexibility index (Phi) is 11.8. The first-order valence-electron chi connectivity index (χ1n) is 14.4. The summed E-state index contributed by atoms with van der Waals surface area (Å²) in [5, 5.41) is 18.9. The zero-order valence-electron chi connectivity index (χ0n) is 25.4. The van der Waals surface area contributed by atoms with Gasteiger partial charge in [-0.1, -0.05) is 55.2 Å². The molecule has 0 amide bonds. The monoisotopic (exact) mass is 632 g/mol. The Balaban J connectivity index is 1.31. The number of aryl methyl sites for hydroxylation is 1. The predicted octanol–water partition coefficient (Wildman–Crippen LogP) is 9.18. The minimum atomic E-state index is -0.423. The van der Waals surface area contributed by atoms with Crippen LogP contribution in [0.3, 0.4) is 0 Å². The van der Waals surface area contributed by atoms with Crippen molar-refractivity contribution in [3.8, 4) is 0 Å². The number of azo groups is 2. The van der Waals surface area contributed by atoms with E-state index in [4.69, 9.17) is 9.47 Å². The Bertz CT molecular complexity index is 1610. The van der Waals surface area contributed by atoms with E-state index in [2.05, 4.69) is 43.8 Å². The molecule has 0 radical (unpaired) electrons. The van der Waals surface area contributed by atoms with E-state index in [0.29, 0.717) is 24.7 Å². The lowest BCUT2D eigenvalue weighted by Gasteiger charge is -2.23. The number of ether oxygens (including phenoxy) is 2. The molecule has 0 N–H and O–H groups in total. The molecule has 1 atom stereocenters. The molecule has 0 aliphatic heterocycles. The predicted molar refractivity (Wildman–Crippen MR) is 177 cm³/mol. The summed E-state index contributed by atoms with van der Waals surface area (Å²) in [5.74, 6) is -0.646. The van der Waals surface area contributed by atoms with Gasteiger partial charge >= 0.3 is 11.9 Å². The number of rotatable bonds is 15. The average molecular weight is 633 g/mol. The van der Waals surface area contributed by atoms with Crippen molar-refractivity contribution in [3.05, 3.63) is 72.3 Å². The van der Waals surface area contributed by atoms with Crippen LogP contribution in [0.1, 0.15) is 38.3 Å². The number of benzene rings is 2. The highest BCUT2D eigenvalue weighted by Gasteiger charge is 2.12. The van der Waals surface area contributed by atoms with E-state index in [1.807, 2.05) is 69.3 Å². The van der Waals surface area contributed by atoms with Crippen LogP contribution in [-0.4, -0.2) is 43.2 Å². The minimum Gasteiger partial charge on any atom is -0.465 e. The van der Waals surface area contributed by atoms with Gasteiger partial charge in [0.05, 0.1) is 35.1 Å². The summed E-state index contributed by atoms with van der Waals surface area (Å²) in [4.78, 5) is 30.7. The standard InChI is InChI=1S/C32H36N6O4S2/c1-6-21(4)31(40)42-17-15-23-9-11-24(12-10-23)34-36-28-20-27-30(44-28)33-32(43-27)37-35-26-14-13-25(19-22(26)5)38(8-3)16-18-41-29(39)7-2/h7,9-14,19-21H,2,6,8,15-18H2,1,3-5H3/b36-34+,37-35+. The Morgan fingerprint density at radius 1 is 1.00 bits per heavy atom. The fraction of sp³-hybridized carbons (Fsp3) is 0.344. The van der Waals surface area contributed by atoms with E-state index in [1.165, 1.54) is 22.7 Å². The topological polar surface area (TPSA) is 118 Å². The van der Waals surface area contributed by atoms with Crippen LogP contribution in [-0.2, 0) is 25.5 Å². The Hall–Kier alpha value is -4.29. The maximum Gasteiger partial charge on any atom is 0.330 e. The lowest BCUT2D eigenvalue weighted by molar-refractivity contribution is -0.147. The third-order valence-corrected chi connectivity index (χ3v) is 8.79. The number of hydrogen-bond acceptors (Lipinski definition) is 12. The van der Waals surface area contributed by atoms with Gasteiger partial charge in [0.15, 0.2) is 0 Å². The molecule has 0 spiro atoms. The van der Waals surface area contributed by atoms with Gasteiger partial charge in [0.2, 0.25) is 5.13 Å². The van der Waals surface area contributed by atoms with Crippen LogP contribution in [0.4, 0.5) is 27.2 Å². The number of esters is 2. The molecule has 0 aliphatic rings. The fourth-order valence-electron chi connectivity index (χ4n) is 4.05. The molecular formula is C32H36N6O4S2. The molecule has 2 aromatic heterocycles. The molecule has 12 heteroatoms. The summed E-state index contributed by atoms with van der Waals surface area (Å²) in [6.45, 7) is 13.3. The summed E-state index contributed by atoms with van der Waals surface area (Å²) in [6, 6.07) is 15.6. The molecule has 4 rings (SSSR count). The van der Waals surface area contributed by atoms with Gasteiger partial charge in [-0.2, -0.15) is 0 Å². The number of thiophene rings is 1. The Labute approximate surface area is 265 Å². The molecule has 0 fully saturated rings. The SMILES string of the molecule is C=CC(=O)OCCN(CC)c1ccc(/N=N/c2nc3sc(/N=N/c4ccc(CCOC(=O)C(C)CC)cc4)cc3s2)c(C)c1. The van der Waals surface area contributed by atoms with Crippen molar-refractivity contribution < 1.29 is 19.1 Å². The molecule has 2 aromatic carbocycles. The highest BCUT2D eigenvalue weighted by Crippen LogP contribution is 2.39. The molecule has 2 heterocycles. The summed E-state index contributed by atoms with van der Waals surface area (Å²) >= 11 is 2.90. The summed E-state index contributed by atoms with van der Waals surface area (Å²) in [5.41, 5.74) is 4.57. The number of aromatic nitrogens is 1. The van der Waals surface area contributed by atoms with Crippen molar-refractivity contribution in [2.24, 2.45) is 26.4 Å². The first-order chi connectivity index (χ1) is 21.3. The summed E-state index contributed by atoms with van der Waals surface area (Å²) in [7, 11) is 0. The molecular weight excluding hydrogens is 597 g/mol. The van der Waals surface area contributed by atoms with Crippen molar-refractivity contribution in [1.29, 1.82) is 0 Å². The van der Waals surface area contributed by atoms with Crippen molar-refractivity contribution in [2.45, 2.75) is 40.5 Å². The Morgan fingerprint density at radius 3 is 2.48 bits per heavy atom. The molecule has 0 saturated carbocycles. The first kappa shape index (κ1) is 32.6. The first-order valence-corrected chi connectivity index (χ1v) is 16.1. The molecule has 1 unspecified atom stereocenters. The van der Waals surface area contributed by atoms with Crippen molar-refractivity contribution in [2.75, 3.05) is 31.2 Å². The third kappa shape index (κ3) is 9.10. The normalized spacial score (nSPS) is 12.2. The van der Waals surface area contributed by atoms with Gasteiger partial charge < -0.3 is 14.4 Å². The van der Waals surface area contributed by atoms with E-state index in [-0.39, 0.29) is 18.5 Å². The largest absolute Gasteiger partial charge is 0.465 e. The smallest absolute Gasteiger partial charge is 0.330 e. The maximum absolute atomic E-state index is 11.8. The second-order valence-electron chi connectivity index (χ2n) is 9.97. The summed E-state index contributed by atoms with van der Waals surface area (Å²) < 4.78 is 11.4. The van der Waals surface area contributed by atoms with Gasteiger partial charge in [-0.15, -0.1) is 20.5 Å². The quantitative estimate of drug-likeness (QED) is 0.0732. The highest BCUT2D eigenvalue weighted by atomic mass is 32.1. The van der Waals surface area contributed by atoms with Gasteiger partial charge in [-0.05, 0) is 67.8 Å². The number of likely N-dealkylation sites (N-methyl/N-ethyl adjacent to an activating group) is 1. The second kappa shape index (κ2) is 16.0. The van der Waals surface area contributed by atoms with Gasteiger partial charge in [0, 0.05) is 24.7 Å². The number of thiazole rings is 1. The molecule has 10 nitrogen and oxygen atoms in total. The lowest BCUT2D eigenvalue weighted by Crippen LogP contribution is -2.27. The van der Waals surface area contributed by atoms with E-state index in [1.54, 1.807) is 0 Å². The molecule has 0 bridgehead atoms. The zero-order valence-corrected chi connectivity index (χ0v) is 27.0. The van der Waals surface area contributed by atoms with E-state index in [0.717, 1.165) is 61.8 Å². The second-order valence-corrected chi connectivity index (χ2v) is 12.0. The van der Waals surface area contributed by atoms with Crippen molar-refractivity contribution in [3.63, 3.8) is 0 Å². The number of nitrogens with zero attached hydrogens (tertiary/aromatic N) is 6. The van der Waals surface area contributed by atoms with Gasteiger partial charge in [0.25, 0.3) is 0 Å². The lowest BCUT2D eigenvalue weighted by atomic mass is 10.1. The van der Waals surface area contributed by atoms with Crippen LogP contribution in [0.15, 0.2) is 81.6 Å². The minimum absolute atomic E-state index is 0.0717. The van der Waals surface area contributed by atoms with Crippen LogP contribution >= 0.6 is 22.7 Å². The zero-order chi connectivity index (χ0) is 31.5. The van der Waals surface area contributed by atoms with Crippen molar-refractivity contribution >= 4 is 71.3 Å². The van der Waals surface area contributed by atoms with Crippen LogP contribution in [0, 0.1) is 12.8 Å². The van der Waals surface area contributed by atoms with Gasteiger partial charge in [0.1, 0.15) is 16.4 Å². The fourth-order valence-corrected chi connectivity index (χ4v) is 5.90. The van der Waals surface area contributed by atoms with E-state index >= 15 is 0 Å². The number of anilines is 1. The van der Waals surface area contributed by atoms with Crippen LogP contribution in [0.25, 0.3) is 9.53 Å². The Morgan fingerprint density at radius 2 is 1.80 bits per heavy atom. The molecule has 0 aliphatic carbocycles. The highest BCUT2D eigenvalue weighted by molar-refractivity contribution is 7.30. The van der Waals surface area contributed by atoms with Crippen LogP contribution in [0.2, 0.25) is 0 Å². The van der Waals surface area contributed by atoms with Crippen LogP contribution < -0.4 is 4.90 Å². The van der Waals surface area contributed by atoms with Gasteiger partial charge in [-0.25, -0.2) is 9.78 Å². The van der Waals surface area contributed by atoms with E-state index in [9.17, 15) is 9.59 Å². The van der Waals surface area contributed by atoms with Gasteiger partial charge in [-0.3, -0.25) is 4.79 Å². The van der Waals surface area contributed by atoms with E-state index < -0.39 is 5.97 Å². The number of carbonyl (C=O) groups excluding carboxylic acids is 2. The van der Waals surface area contributed by atoms with Crippen molar-refractivity contribution in [1.82, 2.24) is 4.98 Å². The average Bonchev–Trinajstić information content (AvgIpc) is 3.60. The maximum atomic E-state index is 11.8. The number of fused-ring (bicyclic) bond motifs is 1. The molecule has 44 heavy (non-hydrogen) atoms. The van der Waals surface area contributed by atoms with Crippen LogP contribution in [0.5, 0.6) is 0 Å².